The third-order valence-corrected chi connectivity index (χ3v) is 3.57. The van der Waals surface area contributed by atoms with Crippen molar-refractivity contribution in [1.82, 2.24) is 25.1 Å². The molecule has 0 aliphatic carbocycles. The number of aliphatic carboxylic acids is 1. The number of carbonyl (C=O) groups is 1. The first kappa shape index (κ1) is 21.3. The van der Waals surface area contributed by atoms with Crippen molar-refractivity contribution in [2.75, 3.05) is 36.5 Å². The fraction of sp³-hybridized carbons (Fsp3) is 0.533. The Morgan fingerprint density at radius 3 is 2.57 bits per heavy atom. The molecule has 0 radical (unpaired) electrons. The monoisotopic (exact) mass is 403 g/mol. The zero-order chi connectivity index (χ0) is 20.6. The molecule has 0 saturated carbocycles. The number of alkyl halides is 3. The lowest BCUT2D eigenvalue weighted by Gasteiger charge is -2.27. The average molecular weight is 403 g/mol. The zero-order valence-corrected chi connectivity index (χ0v) is 15.0. The van der Waals surface area contributed by atoms with Crippen LogP contribution in [-0.2, 0) is 22.5 Å². The van der Waals surface area contributed by atoms with Gasteiger partial charge in [0, 0.05) is 24.8 Å². The second kappa shape index (κ2) is 9.82. The lowest BCUT2D eigenvalue weighted by molar-refractivity contribution is -0.192. The highest BCUT2D eigenvalue weighted by Crippen LogP contribution is 2.16. The topological polar surface area (TPSA) is 129 Å². The highest BCUT2D eigenvalue weighted by Gasteiger charge is 2.38. The van der Waals surface area contributed by atoms with Gasteiger partial charge in [-0.1, -0.05) is 6.92 Å². The van der Waals surface area contributed by atoms with Gasteiger partial charge in [0.15, 0.2) is 0 Å². The van der Waals surface area contributed by atoms with Gasteiger partial charge in [0.05, 0.1) is 19.8 Å². The molecular weight excluding hydrogens is 383 g/mol. The minimum atomic E-state index is -5.08. The summed E-state index contributed by atoms with van der Waals surface area (Å²) in [6, 6.07) is 1.97. The number of hydrogen-bond donors (Lipinski definition) is 3. The first-order chi connectivity index (χ1) is 13.3. The maximum atomic E-state index is 10.6. The largest absolute Gasteiger partial charge is 0.490 e. The van der Waals surface area contributed by atoms with Crippen molar-refractivity contribution in [2.45, 2.75) is 26.1 Å². The van der Waals surface area contributed by atoms with E-state index in [4.69, 9.17) is 14.6 Å². The maximum absolute atomic E-state index is 10.6. The summed E-state index contributed by atoms with van der Waals surface area (Å²) in [5, 5.41) is 17.0. The molecule has 154 valence electrons. The number of ether oxygens (including phenoxy) is 1. The third kappa shape index (κ3) is 6.64. The fourth-order valence-electron chi connectivity index (χ4n) is 2.15. The summed E-state index contributed by atoms with van der Waals surface area (Å²) in [4.78, 5) is 24.3. The number of rotatable bonds is 5. The number of nitrogens with zero attached hydrogens (tertiary/aromatic N) is 5. The van der Waals surface area contributed by atoms with Crippen molar-refractivity contribution in [3.8, 4) is 0 Å². The maximum Gasteiger partial charge on any atom is 0.490 e. The predicted molar refractivity (Wildman–Crippen MR) is 91.8 cm³/mol. The highest BCUT2D eigenvalue weighted by atomic mass is 19.4. The molecule has 2 aromatic heterocycles. The van der Waals surface area contributed by atoms with Crippen molar-refractivity contribution in [1.29, 1.82) is 0 Å². The zero-order valence-electron chi connectivity index (χ0n) is 15.0. The Balaban J connectivity index is 0.000000345. The van der Waals surface area contributed by atoms with E-state index in [0.717, 1.165) is 56.0 Å². The summed E-state index contributed by atoms with van der Waals surface area (Å²) >= 11 is 0. The number of carboxylic acid groups (broad SMARTS) is 1. The molecule has 13 heteroatoms. The molecule has 1 aliphatic heterocycles. The van der Waals surface area contributed by atoms with E-state index < -0.39 is 12.1 Å². The van der Waals surface area contributed by atoms with Crippen LogP contribution in [-0.4, -0.2) is 68.7 Å². The van der Waals surface area contributed by atoms with Gasteiger partial charge in [0.1, 0.15) is 18.0 Å². The lowest BCUT2D eigenvalue weighted by atomic mass is 10.3. The molecule has 0 bridgehead atoms. The van der Waals surface area contributed by atoms with Crippen LogP contribution >= 0.6 is 0 Å². The third-order valence-electron chi connectivity index (χ3n) is 3.57. The number of nitrogens with one attached hydrogen (secondary N) is 2. The number of anilines is 2. The van der Waals surface area contributed by atoms with Crippen molar-refractivity contribution in [3.05, 3.63) is 23.9 Å². The lowest BCUT2D eigenvalue weighted by Crippen LogP contribution is -2.37. The molecule has 0 aromatic carbocycles. The molecule has 0 unspecified atom stereocenters. The molecule has 0 spiro atoms. The number of halogens is 3. The number of carboxylic acids is 1. The Morgan fingerprint density at radius 2 is 2.04 bits per heavy atom. The van der Waals surface area contributed by atoms with E-state index in [1.807, 2.05) is 6.07 Å². The Morgan fingerprint density at radius 1 is 1.36 bits per heavy atom. The van der Waals surface area contributed by atoms with Crippen LogP contribution in [0.2, 0.25) is 0 Å². The van der Waals surface area contributed by atoms with E-state index in [1.165, 1.54) is 6.33 Å². The number of aryl methyl sites for hydroxylation is 1. The molecular formula is C15H20F3N7O3. The van der Waals surface area contributed by atoms with Gasteiger partial charge in [-0.2, -0.15) is 23.3 Å². The van der Waals surface area contributed by atoms with Gasteiger partial charge in [-0.3, -0.25) is 5.10 Å². The van der Waals surface area contributed by atoms with Gasteiger partial charge in [0.25, 0.3) is 0 Å². The van der Waals surface area contributed by atoms with E-state index in [1.54, 1.807) is 0 Å². The van der Waals surface area contributed by atoms with Crippen molar-refractivity contribution >= 4 is 17.7 Å². The number of H-pyrrole nitrogens is 1. The molecule has 3 heterocycles. The van der Waals surface area contributed by atoms with Crippen LogP contribution in [0.1, 0.15) is 18.4 Å². The SMILES string of the molecule is CCc1cc(NCc2ncn[nH]2)nc(N2CCOCC2)n1.O=C(O)C(F)(F)F. The first-order valence-corrected chi connectivity index (χ1v) is 8.38. The molecule has 1 aliphatic rings. The summed E-state index contributed by atoms with van der Waals surface area (Å²) in [5.74, 6) is -0.412. The van der Waals surface area contributed by atoms with E-state index in [2.05, 4.69) is 42.3 Å². The highest BCUT2D eigenvalue weighted by molar-refractivity contribution is 5.73. The number of aromatic amines is 1. The Bertz CT molecular complexity index is 750. The van der Waals surface area contributed by atoms with Crippen molar-refractivity contribution in [3.63, 3.8) is 0 Å². The summed E-state index contributed by atoms with van der Waals surface area (Å²) in [6.45, 7) is 5.75. The predicted octanol–water partition coefficient (Wildman–Crippen LogP) is 1.24. The molecule has 3 N–H and O–H groups in total. The Kier molecular flexibility index (Phi) is 7.49. The standard InChI is InChI=1S/C13H19N7O.C2HF3O2/c1-2-10-7-11(14-8-12-15-9-16-19-12)18-13(17-10)20-3-5-21-6-4-20;3-2(4,5)1(6)7/h7,9H,2-6,8H2,1H3,(H,14,17,18)(H,15,16,19);(H,6,7). The molecule has 1 saturated heterocycles. The molecule has 1 fully saturated rings. The van der Waals surface area contributed by atoms with E-state index in [-0.39, 0.29) is 0 Å². The second-order valence-electron chi connectivity index (χ2n) is 5.59. The van der Waals surface area contributed by atoms with Gasteiger partial charge >= 0.3 is 12.1 Å². The summed E-state index contributed by atoms with van der Waals surface area (Å²) in [7, 11) is 0. The van der Waals surface area contributed by atoms with E-state index >= 15 is 0 Å². The Hall–Kier alpha value is -2.96. The van der Waals surface area contributed by atoms with E-state index in [0.29, 0.717) is 6.54 Å². The minimum Gasteiger partial charge on any atom is -0.475 e. The minimum absolute atomic E-state index is 0.558. The van der Waals surface area contributed by atoms with Crippen LogP contribution in [0.3, 0.4) is 0 Å². The summed E-state index contributed by atoms with van der Waals surface area (Å²) < 4.78 is 37.1. The van der Waals surface area contributed by atoms with Crippen LogP contribution in [0, 0.1) is 0 Å². The smallest absolute Gasteiger partial charge is 0.475 e. The van der Waals surface area contributed by atoms with Gasteiger partial charge in [0.2, 0.25) is 5.95 Å². The van der Waals surface area contributed by atoms with Crippen LogP contribution in [0.4, 0.5) is 24.9 Å². The quantitative estimate of drug-likeness (QED) is 0.675. The number of hydrogen-bond acceptors (Lipinski definition) is 8. The first-order valence-electron chi connectivity index (χ1n) is 8.38. The summed E-state index contributed by atoms with van der Waals surface area (Å²) in [6.07, 6.45) is -2.72. The van der Waals surface area contributed by atoms with Crippen LogP contribution in [0.5, 0.6) is 0 Å². The second-order valence-corrected chi connectivity index (χ2v) is 5.59. The van der Waals surface area contributed by atoms with Gasteiger partial charge in [-0.05, 0) is 6.42 Å². The molecule has 10 nitrogen and oxygen atoms in total. The average Bonchev–Trinajstić information content (AvgIpc) is 3.20. The molecule has 0 amide bonds. The molecule has 2 aromatic rings. The van der Waals surface area contributed by atoms with Gasteiger partial charge in [-0.15, -0.1) is 0 Å². The normalized spacial score (nSPS) is 14.2. The van der Waals surface area contributed by atoms with Crippen LogP contribution < -0.4 is 10.2 Å². The van der Waals surface area contributed by atoms with Crippen molar-refractivity contribution in [2.24, 2.45) is 0 Å². The fourth-order valence-corrected chi connectivity index (χ4v) is 2.15. The number of aromatic nitrogens is 5. The summed E-state index contributed by atoms with van der Waals surface area (Å²) in [5.41, 5.74) is 1.02. The van der Waals surface area contributed by atoms with Crippen LogP contribution in [0.25, 0.3) is 0 Å². The molecule has 3 rings (SSSR count). The molecule has 0 atom stereocenters. The van der Waals surface area contributed by atoms with Gasteiger partial charge < -0.3 is 20.1 Å². The van der Waals surface area contributed by atoms with Crippen LogP contribution in [0.15, 0.2) is 12.4 Å². The van der Waals surface area contributed by atoms with Crippen molar-refractivity contribution < 1.29 is 27.8 Å². The Labute approximate surface area is 158 Å². The van der Waals surface area contributed by atoms with Gasteiger partial charge in [-0.25, -0.2) is 14.8 Å². The number of morpholine rings is 1. The molecule has 28 heavy (non-hydrogen) atoms. The van der Waals surface area contributed by atoms with E-state index in [9.17, 15) is 13.2 Å².